The van der Waals surface area contributed by atoms with E-state index in [2.05, 4.69) is 4.98 Å². The van der Waals surface area contributed by atoms with Crippen LogP contribution in [0.1, 0.15) is 10.4 Å². The van der Waals surface area contributed by atoms with Crippen LogP contribution in [-0.4, -0.2) is 64.5 Å². The van der Waals surface area contributed by atoms with Gasteiger partial charge in [0.15, 0.2) is 0 Å². The molecule has 0 saturated carbocycles. The average molecular weight is 378 g/mol. The first-order valence-corrected chi connectivity index (χ1v) is 9.26. The van der Waals surface area contributed by atoms with Crippen LogP contribution in [0.25, 0.3) is 11.0 Å². The van der Waals surface area contributed by atoms with Gasteiger partial charge in [-0.2, -0.15) is 0 Å². The molecule has 7 heteroatoms. The Bertz CT molecular complexity index is 1010. The molecule has 0 bridgehead atoms. The lowest BCUT2D eigenvalue weighted by molar-refractivity contribution is -0.133. The number of piperazine rings is 1. The summed E-state index contributed by atoms with van der Waals surface area (Å²) in [4.78, 5) is 33.3. The Kier molecular flexibility index (Phi) is 4.97. The summed E-state index contributed by atoms with van der Waals surface area (Å²) < 4.78 is 7.06. The Labute approximate surface area is 163 Å². The SMILES string of the molecule is COc1cccc(C(=O)N2CCN(C(=O)Cn3cnc4ccccc43)CC2)c1. The van der Waals surface area contributed by atoms with Gasteiger partial charge >= 0.3 is 0 Å². The largest absolute Gasteiger partial charge is 0.497 e. The molecule has 28 heavy (non-hydrogen) atoms. The number of ether oxygens (including phenoxy) is 1. The van der Waals surface area contributed by atoms with Crippen LogP contribution in [0.15, 0.2) is 54.9 Å². The van der Waals surface area contributed by atoms with E-state index in [0.29, 0.717) is 37.5 Å². The Morgan fingerprint density at radius 1 is 1.00 bits per heavy atom. The van der Waals surface area contributed by atoms with Crippen LogP contribution >= 0.6 is 0 Å². The van der Waals surface area contributed by atoms with E-state index in [4.69, 9.17) is 4.74 Å². The molecule has 3 aromatic rings. The van der Waals surface area contributed by atoms with Gasteiger partial charge in [-0.1, -0.05) is 18.2 Å². The normalized spacial score (nSPS) is 14.3. The molecule has 2 amide bonds. The summed E-state index contributed by atoms with van der Waals surface area (Å²) in [6, 6.07) is 14.9. The van der Waals surface area contributed by atoms with Crippen LogP contribution in [0.5, 0.6) is 5.75 Å². The number of imidazole rings is 1. The van der Waals surface area contributed by atoms with E-state index in [1.54, 1.807) is 36.5 Å². The van der Waals surface area contributed by atoms with Gasteiger partial charge in [-0.05, 0) is 30.3 Å². The molecule has 4 rings (SSSR count). The molecule has 0 aliphatic carbocycles. The number of amides is 2. The van der Waals surface area contributed by atoms with E-state index in [1.807, 2.05) is 39.8 Å². The zero-order chi connectivity index (χ0) is 19.5. The van der Waals surface area contributed by atoms with E-state index in [1.165, 1.54) is 0 Å². The van der Waals surface area contributed by atoms with Crippen LogP contribution in [0.4, 0.5) is 0 Å². The van der Waals surface area contributed by atoms with Gasteiger partial charge in [-0.3, -0.25) is 9.59 Å². The van der Waals surface area contributed by atoms with E-state index in [0.717, 1.165) is 11.0 Å². The molecule has 7 nitrogen and oxygen atoms in total. The highest BCUT2D eigenvalue weighted by Crippen LogP contribution is 2.16. The maximum Gasteiger partial charge on any atom is 0.254 e. The topological polar surface area (TPSA) is 67.7 Å². The fourth-order valence-corrected chi connectivity index (χ4v) is 3.48. The number of methoxy groups -OCH3 is 1. The fourth-order valence-electron chi connectivity index (χ4n) is 3.48. The Morgan fingerprint density at radius 2 is 1.75 bits per heavy atom. The van der Waals surface area contributed by atoms with Gasteiger partial charge in [0.25, 0.3) is 5.91 Å². The van der Waals surface area contributed by atoms with Crippen LogP contribution in [0, 0.1) is 0 Å². The second-order valence-corrected chi connectivity index (χ2v) is 6.77. The molecule has 2 heterocycles. The molecule has 0 N–H and O–H groups in total. The number of rotatable bonds is 4. The van der Waals surface area contributed by atoms with Gasteiger partial charge in [-0.15, -0.1) is 0 Å². The summed E-state index contributed by atoms with van der Waals surface area (Å²) >= 11 is 0. The zero-order valence-corrected chi connectivity index (χ0v) is 15.7. The van der Waals surface area contributed by atoms with Gasteiger partial charge < -0.3 is 19.1 Å². The Hall–Kier alpha value is -3.35. The lowest BCUT2D eigenvalue weighted by Crippen LogP contribution is -2.51. The summed E-state index contributed by atoms with van der Waals surface area (Å²) in [5, 5.41) is 0. The van der Waals surface area contributed by atoms with E-state index >= 15 is 0 Å². The van der Waals surface area contributed by atoms with E-state index in [-0.39, 0.29) is 18.4 Å². The molecule has 0 spiro atoms. The third-order valence-corrected chi connectivity index (χ3v) is 5.07. The van der Waals surface area contributed by atoms with Crippen molar-refractivity contribution >= 4 is 22.8 Å². The third-order valence-electron chi connectivity index (χ3n) is 5.07. The van der Waals surface area contributed by atoms with Crippen molar-refractivity contribution in [2.45, 2.75) is 6.54 Å². The van der Waals surface area contributed by atoms with Crippen LogP contribution in [0.3, 0.4) is 0 Å². The number of benzene rings is 2. The molecule has 1 aromatic heterocycles. The average Bonchev–Trinajstić information content (AvgIpc) is 3.16. The van der Waals surface area contributed by atoms with Crippen molar-refractivity contribution < 1.29 is 14.3 Å². The van der Waals surface area contributed by atoms with Crippen molar-refractivity contribution in [2.24, 2.45) is 0 Å². The predicted octanol–water partition coefficient (Wildman–Crippen LogP) is 2.03. The van der Waals surface area contributed by atoms with Crippen molar-refractivity contribution in [3.8, 4) is 5.75 Å². The Morgan fingerprint density at radius 3 is 2.54 bits per heavy atom. The standard InChI is InChI=1S/C21H22N4O3/c1-28-17-6-4-5-16(13-17)21(27)24-11-9-23(10-12-24)20(26)14-25-15-22-18-7-2-3-8-19(18)25/h2-8,13,15H,9-12,14H2,1H3. The van der Waals surface area contributed by atoms with Crippen molar-refractivity contribution in [1.82, 2.24) is 19.4 Å². The molecule has 2 aromatic carbocycles. The second kappa shape index (κ2) is 7.72. The molecule has 1 aliphatic rings. The molecule has 0 unspecified atom stereocenters. The highest BCUT2D eigenvalue weighted by molar-refractivity contribution is 5.94. The summed E-state index contributed by atoms with van der Waals surface area (Å²) in [6.07, 6.45) is 1.70. The van der Waals surface area contributed by atoms with Crippen molar-refractivity contribution in [2.75, 3.05) is 33.3 Å². The Balaban J connectivity index is 1.37. The van der Waals surface area contributed by atoms with Crippen LogP contribution in [-0.2, 0) is 11.3 Å². The number of para-hydroxylation sites is 2. The molecule has 144 valence electrons. The quantitative estimate of drug-likeness (QED) is 0.697. The summed E-state index contributed by atoms with van der Waals surface area (Å²) in [5.74, 6) is 0.662. The van der Waals surface area contributed by atoms with Crippen molar-refractivity contribution in [3.63, 3.8) is 0 Å². The minimum absolute atomic E-state index is 0.0356. The monoisotopic (exact) mass is 378 g/mol. The number of hydrogen-bond donors (Lipinski definition) is 0. The summed E-state index contributed by atoms with van der Waals surface area (Å²) in [6.45, 7) is 2.35. The van der Waals surface area contributed by atoms with Gasteiger partial charge in [0.1, 0.15) is 12.3 Å². The van der Waals surface area contributed by atoms with Crippen molar-refractivity contribution in [1.29, 1.82) is 0 Å². The molecular weight excluding hydrogens is 356 g/mol. The number of nitrogens with zero attached hydrogens (tertiary/aromatic N) is 4. The molecule has 0 radical (unpaired) electrons. The number of carbonyl (C=O) groups excluding carboxylic acids is 2. The lowest BCUT2D eigenvalue weighted by Gasteiger charge is -2.35. The number of aromatic nitrogens is 2. The molecular formula is C21H22N4O3. The molecule has 1 saturated heterocycles. The fraction of sp³-hybridized carbons (Fsp3) is 0.286. The van der Waals surface area contributed by atoms with Gasteiger partial charge in [-0.25, -0.2) is 4.98 Å². The van der Waals surface area contributed by atoms with Gasteiger partial charge in [0.2, 0.25) is 5.91 Å². The highest BCUT2D eigenvalue weighted by atomic mass is 16.5. The first-order chi connectivity index (χ1) is 13.7. The maximum absolute atomic E-state index is 12.7. The number of fused-ring (bicyclic) bond motifs is 1. The number of carbonyl (C=O) groups is 2. The van der Waals surface area contributed by atoms with Gasteiger partial charge in [0, 0.05) is 31.7 Å². The first kappa shape index (κ1) is 18.0. The maximum atomic E-state index is 12.7. The summed E-state index contributed by atoms with van der Waals surface area (Å²) in [5.41, 5.74) is 2.43. The zero-order valence-electron chi connectivity index (χ0n) is 15.7. The number of hydrogen-bond acceptors (Lipinski definition) is 4. The first-order valence-electron chi connectivity index (χ1n) is 9.26. The van der Waals surface area contributed by atoms with E-state index < -0.39 is 0 Å². The minimum Gasteiger partial charge on any atom is -0.497 e. The second-order valence-electron chi connectivity index (χ2n) is 6.77. The molecule has 0 atom stereocenters. The molecule has 1 fully saturated rings. The minimum atomic E-state index is -0.0356. The lowest BCUT2D eigenvalue weighted by atomic mass is 10.1. The van der Waals surface area contributed by atoms with Gasteiger partial charge in [0.05, 0.1) is 24.5 Å². The van der Waals surface area contributed by atoms with Crippen LogP contribution < -0.4 is 4.74 Å². The summed E-state index contributed by atoms with van der Waals surface area (Å²) in [7, 11) is 1.58. The van der Waals surface area contributed by atoms with E-state index in [9.17, 15) is 9.59 Å². The van der Waals surface area contributed by atoms with Crippen molar-refractivity contribution in [3.05, 3.63) is 60.4 Å². The molecule has 1 aliphatic heterocycles. The smallest absolute Gasteiger partial charge is 0.254 e. The third kappa shape index (κ3) is 3.55. The predicted molar refractivity (Wildman–Crippen MR) is 105 cm³/mol. The van der Waals surface area contributed by atoms with Crippen LogP contribution in [0.2, 0.25) is 0 Å². The highest BCUT2D eigenvalue weighted by Gasteiger charge is 2.25.